The van der Waals surface area contributed by atoms with Gasteiger partial charge >= 0.3 is 0 Å². The molecule has 6 heteroatoms. The number of anilines is 2. The van der Waals surface area contributed by atoms with Crippen LogP contribution in [0.2, 0.25) is 0 Å². The van der Waals surface area contributed by atoms with Gasteiger partial charge in [-0.2, -0.15) is 0 Å². The van der Waals surface area contributed by atoms with E-state index >= 15 is 0 Å². The Kier molecular flexibility index (Phi) is 7.11. The minimum atomic E-state index is 0.593. The van der Waals surface area contributed by atoms with Crippen LogP contribution in [0.15, 0.2) is 60.8 Å². The maximum atomic E-state index is 5.92. The molecule has 0 amide bonds. The first-order valence-corrected chi connectivity index (χ1v) is 13.1. The van der Waals surface area contributed by atoms with Gasteiger partial charge in [0, 0.05) is 23.3 Å². The Labute approximate surface area is 211 Å². The molecule has 1 aliphatic heterocycles. The van der Waals surface area contributed by atoms with Gasteiger partial charge in [0.15, 0.2) is 0 Å². The van der Waals surface area contributed by atoms with Gasteiger partial charge in [-0.15, -0.1) is 11.3 Å². The molecule has 0 saturated carbocycles. The fraction of sp³-hybridized carbons (Fsp3) is 0.310. The number of aryl methyl sites for hydroxylation is 3. The second-order valence-corrected chi connectivity index (χ2v) is 10.3. The summed E-state index contributed by atoms with van der Waals surface area (Å²) in [6, 6.07) is 18.8. The summed E-state index contributed by atoms with van der Waals surface area (Å²) in [4.78, 5) is 14.2. The smallest absolute Gasteiger partial charge is 0.227 e. The highest BCUT2D eigenvalue weighted by molar-refractivity contribution is 7.18. The van der Waals surface area contributed by atoms with Gasteiger partial charge in [-0.3, -0.25) is 4.90 Å². The number of benzene rings is 2. The van der Waals surface area contributed by atoms with Crippen LogP contribution >= 0.6 is 11.3 Å². The lowest BCUT2D eigenvalue weighted by atomic mass is 10.0. The molecule has 0 atom stereocenters. The number of thiophene rings is 1. The Morgan fingerprint density at radius 2 is 1.60 bits per heavy atom. The lowest BCUT2D eigenvalue weighted by molar-refractivity contribution is 0.238. The molecule has 4 aromatic rings. The van der Waals surface area contributed by atoms with Crippen molar-refractivity contribution in [3.63, 3.8) is 0 Å². The molecule has 0 radical (unpaired) electrons. The average molecular weight is 485 g/mol. The van der Waals surface area contributed by atoms with Crippen molar-refractivity contribution in [3.05, 3.63) is 77.5 Å². The molecule has 1 fully saturated rings. The summed E-state index contributed by atoms with van der Waals surface area (Å²) >= 11 is 1.78. The van der Waals surface area contributed by atoms with Crippen LogP contribution in [0.25, 0.3) is 21.0 Å². The van der Waals surface area contributed by atoms with Gasteiger partial charge in [0.2, 0.25) is 5.95 Å². The molecule has 0 bridgehead atoms. The summed E-state index contributed by atoms with van der Waals surface area (Å²) in [5, 5.41) is 3.34. The zero-order valence-electron chi connectivity index (χ0n) is 20.7. The molecular formula is C29H32N4OS. The molecular weight excluding hydrogens is 452 g/mol. The van der Waals surface area contributed by atoms with Crippen molar-refractivity contribution >= 4 is 23.0 Å². The van der Waals surface area contributed by atoms with E-state index in [-0.39, 0.29) is 0 Å². The molecule has 0 unspecified atom stereocenters. The number of aromatic nitrogens is 2. The van der Waals surface area contributed by atoms with Gasteiger partial charge in [0.1, 0.15) is 12.4 Å². The zero-order chi connectivity index (χ0) is 24.2. The Balaban J connectivity index is 1.27. The second-order valence-electron chi connectivity index (χ2n) is 9.20. The Bertz CT molecular complexity index is 1270. The SMILES string of the molecule is Cc1cnc(Nc2ccc(OCCN3CCCC3)cc2)nc1-c1ccc(-c2c(C)cccc2C)s1. The Hall–Kier alpha value is -3.22. The number of hydrogen-bond donors (Lipinski definition) is 1. The van der Waals surface area contributed by atoms with E-state index in [9.17, 15) is 0 Å². The van der Waals surface area contributed by atoms with Crippen LogP contribution in [0.1, 0.15) is 29.5 Å². The minimum Gasteiger partial charge on any atom is -0.492 e. The lowest BCUT2D eigenvalue weighted by Crippen LogP contribution is -2.25. The average Bonchev–Trinajstić information content (AvgIpc) is 3.54. The number of likely N-dealkylation sites (tertiary alicyclic amines) is 1. The van der Waals surface area contributed by atoms with E-state index in [1.54, 1.807) is 11.3 Å². The maximum absolute atomic E-state index is 5.92. The van der Waals surface area contributed by atoms with Gasteiger partial charge in [0.25, 0.3) is 0 Å². The molecule has 1 aliphatic rings. The van der Waals surface area contributed by atoms with Crippen molar-refractivity contribution in [2.45, 2.75) is 33.6 Å². The highest BCUT2D eigenvalue weighted by Gasteiger charge is 2.14. The predicted molar refractivity (Wildman–Crippen MR) is 146 cm³/mol. The van der Waals surface area contributed by atoms with Crippen molar-refractivity contribution in [1.29, 1.82) is 0 Å². The molecule has 2 aromatic carbocycles. The quantitative estimate of drug-likeness (QED) is 0.291. The van der Waals surface area contributed by atoms with Crippen molar-refractivity contribution in [1.82, 2.24) is 14.9 Å². The maximum Gasteiger partial charge on any atom is 0.227 e. The first kappa shape index (κ1) is 23.5. The minimum absolute atomic E-state index is 0.593. The van der Waals surface area contributed by atoms with Crippen molar-refractivity contribution < 1.29 is 4.74 Å². The molecule has 5 nitrogen and oxygen atoms in total. The third-order valence-electron chi connectivity index (χ3n) is 6.52. The van der Waals surface area contributed by atoms with Gasteiger partial charge in [-0.1, -0.05) is 18.2 Å². The molecule has 0 spiro atoms. The Morgan fingerprint density at radius 1 is 0.886 bits per heavy atom. The van der Waals surface area contributed by atoms with E-state index in [4.69, 9.17) is 9.72 Å². The third-order valence-corrected chi connectivity index (χ3v) is 7.63. The molecule has 5 rings (SSSR count). The van der Waals surface area contributed by atoms with Crippen LogP contribution in [0.3, 0.4) is 0 Å². The normalized spacial score (nSPS) is 13.8. The summed E-state index contributed by atoms with van der Waals surface area (Å²) in [5.74, 6) is 1.48. The van der Waals surface area contributed by atoms with E-state index in [1.165, 1.54) is 47.5 Å². The molecule has 1 N–H and O–H groups in total. The fourth-order valence-corrected chi connectivity index (χ4v) is 5.85. The first-order chi connectivity index (χ1) is 17.1. The van der Waals surface area contributed by atoms with Crippen LogP contribution in [0.4, 0.5) is 11.6 Å². The Morgan fingerprint density at radius 3 is 2.34 bits per heavy atom. The van der Waals surface area contributed by atoms with Gasteiger partial charge in [0.05, 0.1) is 10.6 Å². The molecule has 3 heterocycles. The monoisotopic (exact) mass is 484 g/mol. The van der Waals surface area contributed by atoms with Crippen molar-refractivity contribution in [2.24, 2.45) is 0 Å². The summed E-state index contributed by atoms with van der Waals surface area (Å²) in [5.41, 5.74) is 6.87. The molecule has 1 saturated heterocycles. The van der Waals surface area contributed by atoms with Crippen LogP contribution < -0.4 is 10.1 Å². The van der Waals surface area contributed by atoms with Crippen LogP contribution in [-0.4, -0.2) is 41.1 Å². The number of hydrogen-bond acceptors (Lipinski definition) is 6. The third kappa shape index (κ3) is 5.55. The van der Waals surface area contributed by atoms with Crippen molar-refractivity contribution in [3.8, 4) is 26.8 Å². The van der Waals surface area contributed by atoms with Crippen molar-refractivity contribution in [2.75, 3.05) is 31.6 Å². The summed E-state index contributed by atoms with van der Waals surface area (Å²) < 4.78 is 5.92. The van der Waals surface area contributed by atoms with Gasteiger partial charge in [-0.05, 0) is 105 Å². The topological polar surface area (TPSA) is 50.3 Å². The van der Waals surface area contributed by atoms with E-state index in [2.05, 4.69) is 66.3 Å². The van der Waals surface area contributed by atoms with Gasteiger partial charge in [-0.25, -0.2) is 9.97 Å². The summed E-state index contributed by atoms with van der Waals surface area (Å²) in [6.07, 6.45) is 4.51. The van der Waals surface area contributed by atoms with E-state index in [0.717, 1.165) is 40.7 Å². The predicted octanol–water partition coefficient (Wildman–Crippen LogP) is 7.02. The van der Waals surface area contributed by atoms with Crippen LogP contribution in [-0.2, 0) is 0 Å². The lowest BCUT2D eigenvalue weighted by Gasteiger charge is -2.15. The number of nitrogens with one attached hydrogen (secondary N) is 1. The first-order valence-electron chi connectivity index (χ1n) is 12.3. The molecule has 180 valence electrons. The highest BCUT2D eigenvalue weighted by Crippen LogP contribution is 2.38. The largest absolute Gasteiger partial charge is 0.492 e. The number of nitrogens with zero attached hydrogens (tertiary/aromatic N) is 3. The van der Waals surface area contributed by atoms with Gasteiger partial charge < -0.3 is 10.1 Å². The molecule has 0 aliphatic carbocycles. The standard InChI is InChI=1S/C29H32N4OS/c1-20-7-6-8-21(2)27(20)25-13-14-26(35-25)28-22(3)19-30-29(32-28)31-23-9-11-24(12-10-23)34-18-17-33-15-4-5-16-33/h6-14,19H,4-5,15-18H2,1-3H3,(H,30,31,32). The molecule has 2 aromatic heterocycles. The second kappa shape index (κ2) is 10.6. The summed E-state index contributed by atoms with van der Waals surface area (Å²) in [7, 11) is 0. The number of rotatable bonds is 8. The molecule has 35 heavy (non-hydrogen) atoms. The van der Waals surface area contributed by atoms with E-state index in [0.29, 0.717) is 5.95 Å². The fourth-order valence-electron chi connectivity index (χ4n) is 4.62. The number of ether oxygens (including phenoxy) is 1. The van der Waals surface area contributed by atoms with E-state index < -0.39 is 0 Å². The zero-order valence-corrected chi connectivity index (χ0v) is 21.5. The van der Waals surface area contributed by atoms with E-state index in [1.807, 2.05) is 30.5 Å². The highest BCUT2D eigenvalue weighted by atomic mass is 32.1. The van der Waals surface area contributed by atoms with Crippen LogP contribution in [0, 0.1) is 20.8 Å². The van der Waals surface area contributed by atoms with Crippen LogP contribution in [0.5, 0.6) is 5.75 Å². The summed E-state index contributed by atoms with van der Waals surface area (Å²) in [6.45, 7) is 10.5.